The van der Waals surface area contributed by atoms with Crippen LogP contribution >= 0.6 is 15.9 Å². The first-order valence-corrected chi connectivity index (χ1v) is 8.48. The first-order chi connectivity index (χ1) is 9.75. The summed E-state index contributed by atoms with van der Waals surface area (Å²) in [6.07, 6.45) is 5.42. The summed E-state index contributed by atoms with van der Waals surface area (Å²) >= 11 is 3.47. The number of phenolic OH excluding ortho intramolecular Hbond substituents is 1. The van der Waals surface area contributed by atoms with Gasteiger partial charge in [0.2, 0.25) is 0 Å². The average Bonchev–Trinajstić information content (AvgIpc) is 2.98. The largest absolute Gasteiger partial charge is 0.507 e. The zero-order valence-corrected chi connectivity index (χ0v) is 13.4. The van der Waals surface area contributed by atoms with Crippen LogP contribution in [0.3, 0.4) is 0 Å². The molecule has 3 rings (SSSR count). The Hall–Kier alpha value is -0.580. The first-order valence-electron chi connectivity index (χ1n) is 7.69. The second-order valence-corrected chi connectivity index (χ2v) is 6.84. The van der Waals surface area contributed by atoms with Gasteiger partial charge >= 0.3 is 0 Å². The molecule has 110 valence electrons. The molecule has 2 N–H and O–H groups in total. The molecule has 1 aliphatic carbocycles. The van der Waals surface area contributed by atoms with Gasteiger partial charge < -0.3 is 10.4 Å². The maximum Gasteiger partial charge on any atom is 0.129 e. The van der Waals surface area contributed by atoms with Gasteiger partial charge in [-0.2, -0.15) is 0 Å². The van der Waals surface area contributed by atoms with Crippen LogP contribution in [-0.4, -0.2) is 36.2 Å². The molecular weight excluding hydrogens is 316 g/mol. The fourth-order valence-electron chi connectivity index (χ4n) is 3.72. The van der Waals surface area contributed by atoms with E-state index >= 15 is 0 Å². The molecule has 2 aliphatic rings. The van der Waals surface area contributed by atoms with Crippen LogP contribution < -0.4 is 5.32 Å². The summed E-state index contributed by atoms with van der Waals surface area (Å²) in [6.45, 7) is 4.42. The molecule has 1 aromatic carbocycles. The molecule has 2 fully saturated rings. The number of piperazine rings is 1. The smallest absolute Gasteiger partial charge is 0.129 e. The van der Waals surface area contributed by atoms with E-state index in [-0.39, 0.29) is 0 Å². The molecule has 1 aliphatic heterocycles. The second-order valence-electron chi connectivity index (χ2n) is 5.99. The number of benzene rings is 1. The van der Waals surface area contributed by atoms with Crippen LogP contribution in [0.1, 0.15) is 37.3 Å². The molecule has 0 aromatic heterocycles. The molecular formula is C16H23BrN2O. The topological polar surface area (TPSA) is 35.5 Å². The van der Waals surface area contributed by atoms with Crippen molar-refractivity contribution in [2.45, 2.75) is 31.7 Å². The van der Waals surface area contributed by atoms with E-state index in [9.17, 15) is 5.11 Å². The van der Waals surface area contributed by atoms with Crippen molar-refractivity contribution in [1.82, 2.24) is 10.2 Å². The molecule has 1 aromatic rings. The summed E-state index contributed by atoms with van der Waals surface area (Å²) in [6, 6.07) is 6.55. The van der Waals surface area contributed by atoms with Crippen molar-refractivity contribution in [1.29, 1.82) is 0 Å². The molecule has 1 heterocycles. The van der Waals surface area contributed by atoms with Gasteiger partial charge in [0, 0.05) is 32.2 Å². The molecule has 4 heteroatoms. The fraction of sp³-hybridized carbons (Fsp3) is 0.625. The van der Waals surface area contributed by atoms with Gasteiger partial charge in [-0.25, -0.2) is 0 Å². The van der Waals surface area contributed by atoms with E-state index in [1.165, 1.54) is 31.2 Å². The van der Waals surface area contributed by atoms with Crippen LogP contribution in [0.5, 0.6) is 5.75 Å². The van der Waals surface area contributed by atoms with E-state index in [1.807, 2.05) is 6.07 Å². The zero-order chi connectivity index (χ0) is 13.9. The Morgan fingerprint density at radius 2 is 1.90 bits per heavy atom. The Labute approximate surface area is 129 Å². The summed E-state index contributed by atoms with van der Waals surface area (Å²) in [5.74, 6) is 1.10. The molecule has 20 heavy (non-hydrogen) atoms. The molecule has 0 unspecified atom stereocenters. The number of halogens is 1. The molecule has 0 radical (unpaired) electrons. The summed E-state index contributed by atoms with van der Waals surface area (Å²) in [7, 11) is 0. The Morgan fingerprint density at radius 1 is 1.20 bits per heavy atom. The predicted molar refractivity (Wildman–Crippen MR) is 84.9 cm³/mol. The minimum Gasteiger partial charge on any atom is -0.507 e. The standard InChI is InChI=1S/C16H23BrN2O/c17-14-11-13(5-6-15(14)20)16(12-3-1-2-4-12)19-9-7-18-8-10-19/h5-6,11-12,16,18,20H,1-4,7-10H2/t16-/m1/s1. The quantitative estimate of drug-likeness (QED) is 0.887. The summed E-state index contributed by atoms with van der Waals surface area (Å²) in [4.78, 5) is 2.63. The molecule has 0 bridgehead atoms. The van der Waals surface area contributed by atoms with Crippen molar-refractivity contribution in [3.05, 3.63) is 28.2 Å². The number of nitrogens with zero attached hydrogens (tertiary/aromatic N) is 1. The Morgan fingerprint density at radius 3 is 2.55 bits per heavy atom. The highest BCUT2D eigenvalue weighted by Gasteiger charge is 2.32. The highest BCUT2D eigenvalue weighted by atomic mass is 79.9. The van der Waals surface area contributed by atoms with Crippen LogP contribution in [0.2, 0.25) is 0 Å². The van der Waals surface area contributed by atoms with Gasteiger partial charge in [-0.3, -0.25) is 4.90 Å². The highest BCUT2D eigenvalue weighted by molar-refractivity contribution is 9.10. The van der Waals surface area contributed by atoms with E-state index < -0.39 is 0 Å². The van der Waals surface area contributed by atoms with Gasteiger partial charge in [-0.1, -0.05) is 18.9 Å². The Kier molecular flexibility index (Phi) is 4.64. The minimum absolute atomic E-state index is 0.333. The van der Waals surface area contributed by atoms with Gasteiger partial charge in [0.25, 0.3) is 0 Å². The van der Waals surface area contributed by atoms with Crippen molar-refractivity contribution in [2.75, 3.05) is 26.2 Å². The summed E-state index contributed by atoms with van der Waals surface area (Å²) < 4.78 is 0.813. The maximum atomic E-state index is 9.73. The van der Waals surface area contributed by atoms with E-state index in [1.54, 1.807) is 0 Å². The second kappa shape index (κ2) is 6.46. The fourth-order valence-corrected chi connectivity index (χ4v) is 4.12. The molecule has 0 spiro atoms. The van der Waals surface area contributed by atoms with Crippen LogP contribution in [-0.2, 0) is 0 Å². The lowest BCUT2D eigenvalue weighted by atomic mass is 9.89. The summed E-state index contributed by atoms with van der Waals surface area (Å²) in [5, 5.41) is 13.2. The molecule has 1 saturated carbocycles. The number of phenols is 1. The third kappa shape index (κ3) is 3.02. The molecule has 3 nitrogen and oxygen atoms in total. The van der Waals surface area contributed by atoms with Crippen LogP contribution in [0, 0.1) is 5.92 Å². The molecule has 1 atom stereocenters. The number of rotatable bonds is 3. The van der Waals surface area contributed by atoms with Crippen LogP contribution in [0.4, 0.5) is 0 Å². The van der Waals surface area contributed by atoms with Gasteiger partial charge in [0.15, 0.2) is 0 Å². The van der Waals surface area contributed by atoms with Gasteiger partial charge in [-0.05, 0) is 52.4 Å². The van der Waals surface area contributed by atoms with Crippen LogP contribution in [0.25, 0.3) is 0 Å². The zero-order valence-electron chi connectivity index (χ0n) is 11.8. The average molecular weight is 339 g/mol. The Bertz CT molecular complexity index is 454. The third-order valence-corrected chi connectivity index (χ3v) is 5.34. The summed E-state index contributed by atoms with van der Waals surface area (Å²) in [5.41, 5.74) is 1.35. The van der Waals surface area contributed by atoms with E-state index in [4.69, 9.17) is 0 Å². The lowest BCUT2D eigenvalue weighted by molar-refractivity contribution is 0.125. The minimum atomic E-state index is 0.333. The monoisotopic (exact) mass is 338 g/mol. The Balaban J connectivity index is 1.88. The molecule has 0 amide bonds. The number of aromatic hydroxyl groups is 1. The molecule has 1 saturated heterocycles. The lowest BCUT2D eigenvalue weighted by Gasteiger charge is -2.38. The SMILES string of the molecule is Oc1ccc([C@@H](C2CCCC2)N2CCNCC2)cc1Br. The van der Waals surface area contributed by atoms with E-state index in [0.29, 0.717) is 11.8 Å². The number of nitrogens with one attached hydrogen (secondary N) is 1. The van der Waals surface area contributed by atoms with Crippen molar-refractivity contribution in [3.63, 3.8) is 0 Å². The van der Waals surface area contributed by atoms with Crippen molar-refractivity contribution >= 4 is 15.9 Å². The van der Waals surface area contributed by atoms with E-state index in [2.05, 4.69) is 38.3 Å². The van der Waals surface area contributed by atoms with Gasteiger partial charge in [-0.15, -0.1) is 0 Å². The van der Waals surface area contributed by atoms with E-state index in [0.717, 1.165) is 36.6 Å². The predicted octanol–water partition coefficient (Wildman–Crippen LogP) is 3.29. The lowest BCUT2D eigenvalue weighted by Crippen LogP contribution is -2.46. The number of hydrogen-bond donors (Lipinski definition) is 2. The van der Waals surface area contributed by atoms with Crippen molar-refractivity contribution in [3.8, 4) is 5.75 Å². The van der Waals surface area contributed by atoms with Gasteiger partial charge in [0.1, 0.15) is 5.75 Å². The normalized spacial score (nSPS) is 23.1. The third-order valence-electron chi connectivity index (χ3n) is 4.70. The van der Waals surface area contributed by atoms with Crippen molar-refractivity contribution < 1.29 is 5.11 Å². The first kappa shape index (κ1) is 14.4. The van der Waals surface area contributed by atoms with Gasteiger partial charge in [0.05, 0.1) is 4.47 Å². The van der Waals surface area contributed by atoms with Crippen LogP contribution in [0.15, 0.2) is 22.7 Å². The maximum absolute atomic E-state index is 9.73. The number of hydrogen-bond acceptors (Lipinski definition) is 3. The van der Waals surface area contributed by atoms with Crippen molar-refractivity contribution in [2.24, 2.45) is 5.92 Å². The highest BCUT2D eigenvalue weighted by Crippen LogP contribution is 2.41.